The minimum atomic E-state index is -0.536. The van der Waals surface area contributed by atoms with Gasteiger partial charge in [0.05, 0.1) is 0 Å². The Labute approximate surface area is 186 Å². The van der Waals surface area contributed by atoms with Crippen LogP contribution in [-0.2, 0) is 16.1 Å². The van der Waals surface area contributed by atoms with Gasteiger partial charge in [-0.15, -0.1) is 0 Å². The molecule has 5 heteroatoms. The van der Waals surface area contributed by atoms with E-state index in [9.17, 15) is 9.59 Å². The Morgan fingerprint density at radius 3 is 2.45 bits per heavy atom. The fourth-order valence-electron chi connectivity index (χ4n) is 3.48. The van der Waals surface area contributed by atoms with Crippen LogP contribution in [0.5, 0.6) is 5.75 Å². The van der Waals surface area contributed by atoms with Crippen molar-refractivity contribution in [3.05, 3.63) is 64.7 Å². The van der Waals surface area contributed by atoms with E-state index in [0.717, 1.165) is 35.1 Å². The molecular weight excluding hydrogens is 388 g/mol. The van der Waals surface area contributed by atoms with Crippen LogP contribution in [0.2, 0.25) is 0 Å². The lowest BCUT2D eigenvalue weighted by Gasteiger charge is -2.31. The molecule has 2 aromatic carbocycles. The second-order valence-corrected chi connectivity index (χ2v) is 8.07. The number of carbonyl (C=O) groups is 2. The molecule has 0 aliphatic rings. The van der Waals surface area contributed by atoms with Crippen molar-refractivity contribution >= 4 is 11.8 Å². The van der Waals surface area contributed by atoms with E-state index in [-0.39, 0.29) is 18.4 Å². The molecule has 0 bridgehead atoms. The summed E-state index contributed by atoms with van der Waals surface area (Å²) < 4.78 is 5.88. The van der Waals surface area contributed by atoms with Crippen molar-refractivity contribution in [3.63, 3.8) is 0 Å². The Morgan fingerprint density at radius 2 is 1.77 bits per heavy atom. The molecule has 168 valence electrons. The van der Waals surface area contributed by atoms with Crippen molar-refractivity contribution in [1.82, 2.24) is 10.2 Å². The largest absolute Gasteiger partial charge is 0.483 e. The van der Waals surface area contributed by atoms with Gasteiger partial charge in [-0.2, -0.15) is 0 Å². The predicted octanol–water partition coefficient (Wildman–Crippen LogP) is 4.71. The van der Waals surface area contributed by atoms with Crippen LogP contribution in [0.4, 0.5) is 0 Å². The highest BCUT2D eigenvalue weighted by Crippen LogP contribution is 2.20. The Morgan fingerprint density at radius 1 is 1.03 bits per heavy atom. The van der Waals surface area contributed by atoms with Crippen LogP contribution < -0.4 is 10.1 Å². The minimum Gasteiger partial charge on any atom is -0.483 e. The zero-order valence-corrected chi connectivity index (χ0v) is 19.5. The molecule has 0 saturated heterocycles. The molecule has 0 fully saturated rings. The van der Waals surface area contributed by atoms with E-state index in [1.165, 1.54) is 0 Å². The van der Waals surface area contributed by atoms with Crippen molar-refractivity contribution < 1.29 is 14.3 Å². The van der Waals surface area contributed by atoms with Crippen molar-refractivity contribution in [2.75, 3.05) is 13.2 Å². The maximum atomic E-state index is 13.3. The summed E-state index contributed by atoms with van der Waals surface area (Å²) in [6.07, 6.45) is 2.47. The highest BCUT2D eigenvalue weighted by Gasteiger charge is 2.29. The van der Waals surface area contributed by atoms with Gasteiger partial charge in [-0.1, -0.05) is 56.7 Å². The summed E-state index contributed by atoms with van der Waals surface area (Å²) in [5.41, 5.74) is 4.18. The Kier molecular flexibility index (Phi) is 9.57. The lowest BCUT2D eigenvalue weighted by atomic mass is 10.1. The average Bonchev–Trinajstić information content (AvgIpc) is 2.75. The summed E-state index contributed by atoms with van der Waals surface area (Å²) in [7, 11) is 0. The molecule has 0 aromatic heterocycles. The number of ether oxygens (including phenoxy) is 1. The smallest absolute Gasteiger partial charge is 0.261 e. The third-order valence-electron chi connectivity index (χ3n) is 5.51. The van der Waals surface area contributed by atoms with E-state index in [1.807, 2.05) is 70.2 Å². The first kappa shape index (κ1) is 24.4. The van der Waals surface area contributed by atoms with Gasteiger partial charge in [-0.3, -0.25) is 9.59 Å². The Hall–Kier alpha value is -2.82. The number of aryl methyl sites for hydroxylation is 3. The van der Waals surface area contributed by atoms with Crippen LogP contribution >= 0.6 is 0 Å². The van der Waals surface area contributed by atoms with Crippen LogP contribution in [0.1, 0.15) is 55.4 Å². The number of benzene rings is 2. The van der Waals surface area contributed by atoms with Crippen LogP contribution in [0.3, 0.4) is 0 Å². The maximum absolute atomic E-state index is 13.3. The van der Waals surface area contributed by atoms with Crippen molar-refractivity contribution in [2.24, 2.45) is 0 Å². The van der Waals surface area contributed by atoms with E-state index in [2.05, 4.69) is 12.2 Å². The van der Waals surface area contributed by atoms with E-state index in [0.29, 0.717) is 25.3 Å². The molecule has 0 unspecified atom stereocenters. The monoisotopic (exact) mass is 424 g/mol. The molecule has 5 nitrogen and oxygen atoms in total. The van der Waals surface area contributed by atoms with E-state index < -0.39 is 6.04 Å². The van der Waals surface area contributed by atoms with Gasteiger partial charge in [0.2, 0.25) is 5.91 Å². The SMILES string of the molecule is CCCCNC(=O)[C@@H](CC)N(Cc1ccccc1C)C(=O)COc1cc(C)ccc1C. The predicted molar refractivity (Wildman–Crippen MR) is 125 cm³/mol. The molecule has 1 N–H and O–H groups in total. The molecular formula is C26H36N2O3. The zero-order valence-electron chi connectivity index (χ0n) is 19.5. The van der Waals surface area contributed by atoms with Crippen molar-refractivity contribution in [2.45, 2.75) is 66.5 Å². The number of amides is 2. The summed E-state index contributed by atoms with van der Waals surface area (Å²) in [6, 6.07) is 13.4. The number of hydrogen-bond donors (Lipinski definition) is 1. The van der Waals surface area contributed by atoms with E-state index >= 15 is 0 Å². The number of carbonyl (C=O) groups excluding carboxylic acids is 2. The number of nitrogens with zero attached hydrogens (tertiary/aromatic N) is 1. The molecule has 1 atom stereocenters. The molecule has 0 heterocycles. The molecule has 0 aliphatic heterocycles. The van der Waals surface area contributed by atoms with Crippen molar-refractivity contribution in [3.8, 4) is 5.75 Å². The molecule has 0 saturated carbocycles. The summed E-state index contributed by atoms with van der Waals surface area (Å²) in [5.74, 6) is 0.399. The second-order valence-electron chi connectivity index (χ2n) is 8.07. The van der Waals surface area contributed by atoms with Gasteiger partial charge < -0.3 is 15.0 Å². The van der Waals surface area contributed by atoms with Crippen LogP contribution in [0.15, 0.2) is 42.5 Å². The number of unbranched alkanes of at least 4 members (excludes halogenated alkanes) is 1. The Balaban J connectivity index is 2.22. The highest BCUT2D eigenvalue weighted by atomic mass is 16.5. The van der Waals surface area contributed by atoms with Gasteiger partial charge in [-0.05, 0) is 61.9 Å². The van der Waals surface area contributed by atoms with Gasteiger partial charge in [-0.25, -0.2) is 0 Å². The van der Waals surface area contributed by atoms with Crippen LogP contribution in [0, 0.1) is 20.8 Å². The third kappa shape index (κ3) is 7.12. The normalized spacial score (nSPS) is 11.6. The molecule has 2 rings (SSSR count). The van der Waals surface area contributed by atoms with Gasteiger partial charge in [0, 0.05) is 13.1 Å². The topological polar surface area (TPSA) is 58.6 Å². The molecule has 2 amide bonds. The lowest BCUT2D eigenvalue weighted by Crippen LogP contribution is -2.50. The molecule has 31 heavy (non-hydrogen) atoms. The minimum absolute atomic E-state index is 0.102. The first-order chi connectivity index (χ1) is 14.9. The molecule has 0 aliphatic carbocycles. The van der Waals surface area contributed by atoms with E-state index in [4.69, 9.17) is 4.74 Å². The van der Waals surface area contributed by atoms with Gasteiger partial charge in [0.1, 0.15) is 11.8 Å². The fourth-order valence-corrected chi connectivity index (χ4v) is 3.48. The standard InChI is InChI=1S/C26H36N2O3/c1-6-8-15-27-26(30)23(7-2)28(17-22-12-10-9-11-20(22)4)25(29)18-31-24-16-19(3)13-14-21(24)5/h9-14,16,23H,6-8,15,17-18H2,1-5H3,(H,27,30)/t23-/m1/s1. The van der Waals surface area contributed by atoms with E-state index in [1.54, 1.807) is 4.90 Å². The number of rotatable bonds is 11. The van der Waals surface area contributed by atoms with Crippen molar-refractivity contribution in [1.29, 1.82) is 0 Å². The first-order valence-corrected chi connectivity index (χ1v) is 11.2. The highest BCUT2D eigenvalue weighted by molar-refractivity contribution is 5.88. The molecule has 0 spiro atoms. The molecule has 2 aromatic rings. The third-order valence-corrected chi connectivity index (χ3v) is 5.51. The zero-order chi connectivity index (χ0) is 22.8. The lowest BCUT2D eigenvalue weighted by molar-refractivity contribution is -0.143. The Bertz CT molecular complexity index is 879. The summed E-state index contributed by atoms with van der Waals surface area (Å²) in [6.45, 7) is 10.9. The maximum Gasteiger partial charge on any atom is 0.261 e. The molecule has 0 radical (unpaired) electrons. The average molecular weight is 425 g/mol. The summed E-state index contributed by atoms with van der Waals surface area (Å²) >= 11 is 0. The van der Waals surface area contributed by atoms with Gasteiger partial charge in [0.15, 0.2) is 6.61 Å². The fraction of sp³-hybridized carbons (Fsp3) is 0.462. The van der Waals surface area contributed by atoms with Gasteiger partial charge >= 0.3 is 0 Å². The first-order valence-electron chi connectivity index (χ1n) is 11.2. The summed E-state index contributed by atoms with van der Waals surface area (Å²) in [4.78, 5) is 27.8. The van der Waals surface area contributed by atoms with Crippen LogP contribution in [0.25, 0.3) is 0 Å². The van der Waals surface area contributed by atoms with Gasteiger partial charge in [0.25, 0.3) is 5.91 Å². The summed E-state index contributed by atoms with van der Waals surface area (Å²) in [5, 5.41) is 2.99. The number of nitrogens with one attached hydrogen (secondary N) is 1. The number of hydrogen-bond acceptors (Lipinski definition) is 3. The second kappa shape index (κ2) is 12.1. The quantitative estimate of drug-likeness (QED) is 0.531. The van der Waals surface area contributed by atoms with Crippen LogP contribution in [-0.4, -0.2) is 35.9 Å².